The van der Waals surface area contributed by atoms with E-state index in [1.807, 2.05) is 25.1 Å². The molecule has 4 nitrogen and oxygen atoms in total. The van der Waals surface area contributed by atoms with Crippen LogP contribution in [0.15, 0.2) is 22.7 Å². The molecule has 0 radical (unpaired) electrons. The minimum atomic E-state index is -0.854. The number of halogens is 1. The average Bonchev–Trinajstić information content (AvgIpc) is 2.33. The number of hydrogen-bond acceptors (Lipinski definition) is 2. The summed E-state index contributed by atoms with van der Waals surface area (Å²) in [6, 6.07) is 5.76. The molecule has 1 heterocycles. The van der Waals surface area contributed by atoms with Gasteiger partial charge in [-0.25, -0.2) is 0 Å². The van der Waals surface area contributed by atoms with Crippen LogP contribution in [0.2, 0.25) is 0 Å². The van der Waals surface area contributed by atoms with Crippen LogP contribution in [0.1, 0.15) is 26.3 Å². The predicted molar refractivity (Wildman–Crippen MR) is 78.1 cm³/mol. The van der Waals surface area contributed by atoms with Crippen LogP contribution in [-0.2, 0) is 16.0 Å². The molecular formula is C14H17BrN2O2. The van der Waals surface area contributed by atoms with E-state index in [2.05, 4.69) is 21.2 Å². The molecule has 1 N–H and O–H groups in total. The first-order valence-electron chi connectivity index (χ1n) is 6.26. The summed E-state index contributed by atoms with van der Waals surface area (Å²) in [6.45, 7) is 5.57. The predicted octanol–water partition coefficient (Wildman–Crippen LogP) is 2.25. The van der Waals surface area contributed by atoms with Gasteiger partial charge in [0, 0.05) is 10.2 Å². The highest BCUT2D eigenvalue weighted by molar-refractivity contribution is 9.10. The lowest BCUT2D eigenvalue weighted by Gasteiger charge is -2.38. The number of rotatable bonds is 2. The van der Waals surface area contributed by atoms with E-state index in [9.17, 15) is 9.59 Å². The summed E-state index contributed by atoms with van der Waals surface area (Å²) < 4.78 is 0.973. The maximum Gasteiger partial charge on any atom is 0.252 e. The molecule has 19 heavy (non-hydrogen) atoms. The minimum absolute atomic E-state index is 0.0795. The van der Waals surface area contributed by atoms with E-state index in [1.54, 1.807) is 18.7 Å². The van der Waals surface area contributed by atoms with Gasteiger partial charge in [0.2, 0.25) is 5.91 Å². The molecule has 1 saturated heterocycles. The van der Waals surface area contributed by atoms with Crippen molar-refractivity contribution in [2.45, 2.75) is 32.7 Å². The zero-order valence-corrected chi connectivity index (χ0v) is 12.9. The Morgan fingerprint density at radius 1 is 1.37 bits per heavy atom. The minimum Gasteiger partial charge on any atom is -0.341 e. The van der Waals surface area contributed by atoms with Crippen molar-refractivity contribution in [3.8, 4) is 0 Å². The lowest BCUT2D eigenvalue weighted by Crippen LogP contribution is -2.64. The number of aryl methyl sites for hydroxylation is 1. The monoisotopic (exact) mass is 324 g/mol. The number of nitrogens with zero attached hydrogens (tertiary/aromatic N) is 1. The molecule has 1 aliphatic rings. The standard InChI is InChI=1S/C14H17BrN2O2/c1-4-9-7-10(15)5-6-11(9)17-8-12(18)16-14(2,3)13(17)19/h5-7H,4,8H2,1-3H3,(H,16,18). The molecule has 5 heteroatoms. The van der Waals surface area contributed by atoms with Gasteiger partial charge < -0.3 is 10.2 Å². The fourth-order valence-electron chi connectivity index (χ4n) is 2.29. The van der Waals surface area contributed by atoms with Crippen LogP contribution in [0, 0.1) is 0 Å². The van der Waals surface area contributed by atoms with E-state index in [0.29, 0.717) is 0 Å². The Bertz CT molecular complexity index is 540. The number of carbonyl (C=O) groups is 2. The molecule has 1 aliphatic heterocycles. The third kappa shape index (κ3) is 2.66. The molecular weight excluding hydrogens is 308 g/mol. The Morgan fingerprint density at radius 2 is 2.05 bits per heavy atom. The van der Waals surface area contributed by atoms with Crippen molar-refractivity contribution >= 4 is 33.4 Å². The highest BCUT2D eigenvalue weighted by Crippen LogP contribution is 2.28. The largest absolute Gasteiger partial charge is 0.341 e. The van der Waals surface area contributed by atoms with Crippen LogP contribution in [0.25, 0.3) is 0 Å². The van der Waals surface area contributed by atoms with Gasteiger partial charge >= 0.3 is 0 Å². The third-order valence-electron chi connectivity index (χ3n) is 3.25. The molecule has 0 bridgehead atoms. The van der Waals surface area contributed by atoms with Crippen molar-refractivity contribution in [2.75, 3.05) is 11.4 Å². The molecule has 2 amide bonds. The molecule has 0 saturated carbocycles. The first-order valence-corrected chi connectivity index (χ1v) is 7.06. The number of benzene rings is 1. The summed E-state index contributed by atoms with van der Waals surface area (Å²) in [5.41, 5.74) is 1.01. The fraction of sp³-hybridized carbons (Fsp3) is 0.429. The average molecular weight is 325 g/mol. The smallest absolute Gasteiger partial charge is 0.252 e. The van der Waals surface area contributed by atoms with Gasteiger partial charge in [0.25, 0.3) is 5.91 Å². The zero-order valence-electron chi connectivity index (χ0n) is 11.3. The Morgan fingerprint density at radius 3 is 2.68 bits per heavy atom. The normalized spacial score (nSPS) is 18.4. The van der Waals surface area contributed by atoms with E-state index in [-0.39, 0.29) is 18.4 Å². The molecule has 0 aromatic heterocycles. The molecule has 0 atom stereocenters. The molecule has 102 valence electrons. The van der Waals surface area contributed by atoms with E-state index in [4.69, 9.17) is 0 Å². The van der Waals surface area contributed by atoms with Crippen molar-refractivity contribution in [1.82, 2.24) is 5.32 Å². The lowest BCUT2D eigenvalue weighted by atomic mass is 9.98. The number of carbonyl (C=O) groups excluding carboxylic acids is 2. The van der Waals surface area contributed by atoms with Crippen molar-refractivity contribution in [3.63, 3.8) is 0 Å². The van der Waals surface area contributed by atoms with Crippen LogP contribution >= 0.6 is 15.9 Å². The molecule has 2 rings (SSSR count). The van der Waals surface area contributed by atoms with Crippen molar-refractivity contribution in [2.24, 2.45) is 0 Å². The van der Waals surface area contributed by atoms with Gasteiger partial charge in [0.15, 0.2) is 0 Å². The van der Waals surface area contributed by atoms with Crippen molar-refractivity contribution in [3.05, 3.63) is 28.2 Å². The maximum atomic E-state index is 12.4. The van der Waals surface area contributed by atoms with Gasteiger partial charge in [0.1, 0.15) is 12.1 Å². The van der Waals surface area contributed by atoms with Gasteiger partial charge in [-0.2, -0.15) is 0 Å². The van der Waals surface area contributed by atoms with Gasteiger partial charge in [-0.05, 0) is 44.0 Å². The van der Waals surface area contributed by atoms with Gasteiger partial charge in [-0.1, -0.05) is 22.9 Å². The Balaban J connectivity index is 2.45. The third-order valence-corrected chi connectivity index (χ3v) is 3.74. The highest BCUT2D eigenvalue weighted by Gasteiger charge is 2.40. The maximum absolute atomic E-state index is 12.4. The Kier molecular flexibility index (Phi) is 3.67. The first-order chi connectivity index (χ1) is 8.85. The number of piperazine rings is 1. The van der Waals surface area contributed by atoms with E-state index >= 15 is 0 Å². The summed E-state index contributed by atoms with van der Waals surface area (Å²) in [6.07, 6.45) is 0.806. The van der Waals surface area contributed by atoms with Crippen LogP contribution in [0.4, 0.5) is 5.69 Å². The van der Waals surface area contributed by atoms with Gasteiger partial charge in [-0.3, -0.25) is 9.59 Å². The second kappa shape index (κ2) is 4.96. The number of amides is 2. The number of nitrogens with one attached hydrogen (secondary N) is 1. The van der Waals surface area contributed by atoms with Crippen LogP contribution in [0.3, 0.4) is 0 Å². The van der Waals surface area contributed by atoms with Crippen molar-refractivity contribution in [1.29, 1.82) is 0 Å². The topological polar surface area (TPSA) is 49.4 Å². The molecule has 0 aliphatic carbocycles. The van der Waals surface area contributed by atoms with Gasteiger partial charge in [0.05, 0.1) is 0 Å². The zero-order chi connectivity index (χ0) is 14.2. The summed E-state index contributed by atoms with van der Waals surface area (Å²) in [4.78, 5) is 25.8. The molecule has 1 fully saturated rings. The fourth-order valence-corrected chi connectivity index (χ4v) is 2.70. The number of anilines is 1. The Labute approximate surface area is 121 Å². The summed E-state index contributed by atoms with van der Waals surface area (Å²) in [5.74, 6) is -0.210. The molecule has 0 unspecified atom stereocenters. The lowest BCUT2D eigenvalue weighted by molar-refractivity contribution is -0.134. The van der Waals surface area contributed by atoms with E-state index < -0.39 is 5.54 Å². The van der Waals surface area contributed by atoms with Crippen LogP contribution < -0.4 is 10.2 Å². The molecule has 1 aromatic carbocycles. The van der Waals surface area contributed by atoms with Crippen molar-refractivity contribution < 1.29 is 9.59 Å². The SMILES string of the molecule is CCc1cc(Br)ccc1N1CC(=O)NC(C)(C)C1=O. The highest BCUT2D eigenvalue weighted by atomic mass is 79.9. The van der Waals surface area contributed by atoms with E-state index in [1.165, 1.54) is 0 Å². The summed E-state index contributed by atoms with van der Waals surface area (Å²) in [5, 5.41) is 2.71. The quantitative estimate of drug-likeness (QED) is 0.907. The van der Waals surface area contributed by atoms with Gasteiger partial charge in [-0.15, -0.1) is 0 Å². The second-order valence-electron chi connectivity index (χ2n) is 5.19. The van der Waals surface area contributed by atoms with Crippen LogP contribution in [-0.4, -0.2) is 23.9 Å². The number of hydrogen-bond donors (Lipinski definition) is 1. The molecule has 0 spiro atoms. The van der Waals surface area contributed by atoms with E-state index in [0.717, 1.165) is 22.1 Å². The second-order valence-corrected chi connectivity index (χ2v) is 6.11. The molecule has 1 aromatic rings. The summed E-state index contributed by atoms with van der Waals surface area (Å²) >= 11 is 3.43. The first kappa shape index (κ1) is 14.1. The van der Waals surface area contributed by atoms with Crippen LogP contribution in [0.5, 0.6) is 0 Å². The Hall–Kier alpha value is -1.36. The summed E-state index contributed by atoms with van der Waals surface area (Å²) in [7, 11) is 0.